The van der Waals surface area contributed by atoms with Crippen molar-refractivity contribution in [3.8, 4) is 0 Å². The zero-order valence-electron chi connectivity index (χ0n) is 10.4. The van der Waals surface area contributed by atoms with E-state index in [0.29, 0.717) is 5.91 Å². The molecule has 92 valence electrons. The number of carbonyl (C=O) groups is 1. The summed E-state index contributed by atoms with van der Waals surface area (Å²) in [6.45, 7) is 5.26. The van der Waals surface area contributed by atoms with Crippen molar-refractivity contribution in [1.82, 2.24) is 10.2 Å². The van der Waals surface area contributed by atoms with Crippen LogP contribution in [0.4, 0.5) is 0 Å². The van der Waals surface area contributed by atoms with Crippen molar-refractivity contribution in [1.29, 1.82) is 0 Å². The van der Waals surface area contributed by atoms with Crippen molar-refractivity contribution in [2.24, 2.45) is 5.92 Å². The molecule has 1 amide bonds. The van der Waals surface area contributed by atoms with Gasteiger partial charge in [0.1, 0.15) is 0 Å². The molecule has 2 aliphatic heterocycles. The van der Waals surface area contributed by atoms with Crippen LogP contribution in [0.5, 0.6) is 0 Å². The lowest BCUT2D eigenvalue weighted by Gasteiger charge is -2.29. The van der Waals surface area contributed by atoms with E-state index in [1.807, 2.05) is 0 Å². The highest BCUT2D eigenvalue weighted by atomic mass is 16.2. The standard InChI is InChI=1S/C13H24N2O/c1-11-5-4-9-15(10-7-11)13(16)12-6-2-3-8-14-12/h11-12,14H,2-10H2,1H3/t11?,12-/m1/s1. The van der Waals surface area contributed by atoms with Crippen LogP contribution in [-0.2, 0) is 4.79 Å². The fraction of sp³-hybridized carbons (Fsp3) is 0.923. The number of nitrogens with zero attached hydrogens (tertiary/aromatic N) is 1. The monoisotopic (exact) mass is 224 g/mol. The highest BCUT2D eigenvalue weighted by molar-refractivity contribution is 5.82. The van der Waals surface area contributed by atoms with E-state index in [1.165, 1.54) is 32.1 Å². The van der Waals surface area contributed by atoms with Crippen LogP contribution in [0.2, 0.25) is 0 Å². The van der Waals surface area contributed by atoms with Gasteiger partial charge in [0.15, 0.2) is 0 Å². The molecule has 0 aromatic rings. The van der Waals surface area contributed by atoms with Gasteiger partial charge < -0.3 is 10.2 Å². The largest absolute Gasteiger partial charge is 0.341 e. The Kier molecular flexibility index (Phi) is 4.22. The van der Waals surface area contributed by atoms with Crippen molar-refractivity contribution < 1.29 is 4.79 Å². The van der Waals surface area contributed by atoms with Crippen molar-refractivity contribution >= 4 is 5.91 Å². The second-order valence-corrected chi connectivity index (χ2v) is 5.36. The predicted octanol–water partition coefficient (Wildman–Crippen LogP) is 1.78. The van der Waals surface area contributed by atoms with Crippen molar-refractivity contribution in [2.45, 2.75) is 51.5 Å². The van der Waals surface area contributed by atoms with Crippen molar-refractivity contribution in [3.63, 3.8) is 0 Å². The van der Waals surface area contributed by atoms with Gasteiger partial charge in [0.25, 0.3) is 0 Å². The van der Waals surface area contributed by atoms with Gasteiger partial charge in [-0.1, -0.05) is 13.3 Å². The Balaban J connectivity index is 1.87. The summed E-state index contributed by atoms with van der Waals surface area (Å²) in [5, 5.41) is 3.36. The predicted molar refractivity (Wildman–Crippen MR) is 65.2 cm³/mol. The number of piperidine rings is 1. The first kappa shape index (κ1) is 11.9. The van der Waals surface area contributed by atoms with E-state index >= 15 is 0 Å². The molecule has 0 bridgehead atoms. The number of rotatable bonds is 1. The second kappa shape index (κ2) is 5.67. The first-order chi connectivity index (χ1) is 7.77. The Morgan fingerprint density at radius 2 is 2.00 bits per heavy atom. The van der Waals surface area contributed by atoms with Crippen LogP contribution in [0.3, 0.4) is 0 Å². The number of amides is 1. The highest BCUT2D eigenvalue weighted by Gasteiger charge is 2.26. The lowest BCUT2D eigenvalue weighted by Crippen LogP contribution is -2.48. The van der Waals surface area contributed by atoms with Crippen molar-refractivity contribution in [2.75, 3.05) is 19.6 Å². The number of likely N-dealkylation sites (tertiary alicyclic amines) is 1. The molecule has 2 rings (SSSR count). The van der Waals surface area contributed by atoms with Gasteiger partial charge in [-0.05, 0) is 44.6 Å². The lowest BCUT2D eigenvalue weighted by molar-refractivity contribution is -0.134. The molecular formula is C13H24N2O. The molecule has 2 fully saturated rings. The highest BCUT2D eigenvalue weighted by Crippen LogP contribution is 2.18. The molecule has 0 aromatic heterocycles. The molecule has 0 aromatic carbocycles. The first-order valence-corrected chi connectivity index (χ1v) is 6.79. The van der Waals surface area contributed by atoms with Gasteiger partial charge in [-0.25, -0.2) is 0 Å². The van der Waals surface area contributed by atoms with Crippen LogP contribution >= 0.6 is 0 Å². The molecule has 1 unspecified atom stereocenters. The minimum Gasteiger partial charge on any atom is -0.341 e. The Hall–Kier alpha value is -0.570. The van der Waals surface area contributed by atoms with Crippen LogP contribution in [-0.4, -0.2) is 36.5 Å². The molecule has 2 saturated heterocycles. The molecule has 2 atom stereocenters. The zero-order valence-corrected chi connectivity index (χ0v) is 10.4. The molecule has 2 aliphatic rings. The maximum absolute atomic E-state index is 12.3. The minimum absolute atomic E-state index is 0.113. The molecule has 0 radical (unpaired) electrons. The first-order valence-electron chi connectivity index (χ1n) is 6.79. The molecule has 1 N–H and O–H groups in total. The van der Waals surface area contributed by atoms with Gasteiger partial charge in [0.05, 0.1) is 6.04 Å². The van der Waals surface area contributed by atoms with Gasteiger partial charge in [0.2, 0.25) is 5.91 Å². The van der Waals surface area contributed by atoms with E-state index < -0.39 is 0 Å². The number of nitrogens with one attached hydrogen (secondary N) is 1. The van der Waals surface area contributed by atoms with Crippen LogP contribution in [0, 0.1) is 5.92 Å². The maximum Gasteiger partial charge on any atom is 0.239 e. The van der Waals surface area contributed by atoms with Gasteiger partial charge in [-0.3, -0.25) is 4.79 Å². The Morgan fingerprint density at radius 3 is 2.75 bits per heavy atom. The summed E-state index contributed by atoms with van der Waals surface area (Å²) in [5.41, 5.74) is 0. The SMILES string of the molecule is CC1CCCN(C(=O)[C@H]2CCCCN2)CC1. The van der Waals surface area contributed by atoms with E-state index in [-0.39, 0.29) is 6.04 Å². The van der Waals surface area contributed by atoms with Gasteiger partial charge >= 0.3 is 0 Å². The molecule has 3 nitrogen and oxygen atoms in total. The molecular weight excluding hydrogens is 200 g/mol. The van der Waals surface area contributed by atoms with Gasteiger partial charge in [-0.15, -0.1) is 0 Å². The van der Waals surface area contributed by atoms with Crippen LogP contribution in [0.25, 0.3) is 0 Å². The second-order valence-electron chi connectivity index (χ2n) is 5.36. The quantitative estimate of drug-likeness (QED) is 0.736. The third-order valence-corrected chi connectivity index (χ3v) is 3.94. The topological polar surface area (TPSA) is 32.3 Å². The minimum atomic E-state index is 0.113. The van der Waals surface area contributed by atoms with E-state index in [0.717, 1.165) is 32.0 Å². The van der Waals surface area contributed by atoms with E-state index in [1.54, 1.807) is 0 Å². The normalized spacial score (nSPS) is 32.2. The summed E-state index contributed by atoms with van der Waals surface area (Å²) >= 11 is 0. The molecule has 2 heterocycles. The zero-order chi connectivity index (χ0) is 11.4. The summed E-state index contributed by atoms with van der Waals surface area (Å²) in [6, 6.07) is 0.113. The third kappa shape index (κ3) is 2.97. The fourth-order valence-corrected chi connectivity index (χ4v) is 2.77. The number of hydrogen-bond acceptors (Lipinski definition) is 2. The summed E-state index contributed by atoms with van der Waals surface area (Å²) in [7, 11) is 0. The summed E-state index contributed by atoms with van der Waals surface area (Å²) in [4.78, 5) is 14.4. The van der Waals surface area contributed by atoms with Crippen molar-refractivity contribution in [3.05, 3.63) is 0 Å². The summed E-state index contributed by atoms with van der Waals surface area (Å²) in [5.74, 6) is 1.14. The van der Waals surface area contributed by atoms with E-state index in [4.69, 9.17) is 0 Å². The summed E-state index contributed by atoms with van der Waals surface area (Å²) < 4.78 is 0. The molecule has 16 heavy (non-hydrogen) atoms. The molecule has 0 spiro atoms. The average Bonchev–Trinajstić information content (AvgIpc) is 2.54. The molecule has 0 aliphatic carbocycles. The van der Waals surface area contributed by atoms with Gasteiger partial charge in [-0.2, -0.15) is 0 Å². The lowest BCUT2D eigenvalue weighted by atomic mass is 10.0. The average molecular weight is 224 g/mol. The Bertz CT molecular complexity index is 236. The molecule has 3 heteroatoms. The smallest absolute Gasteiger partial charge is 0.239 e. The van der Waals surface area contributed by atoms with E-state index in [2.05, 4.69) is 17.1 Å². The van der Waals surface area contributed by atoms with Crippen LogP contribution in [0.15, 0.2) is 0 Å². The Labute approximate surface area is 98.6 Å². The summed E-state index contributed by atoms with van der Waals surface area (Å²) in [6.07, 6.45) is 7.10. The van der Waals surface area contributed by atoms with Crippen LogP contribution < -0.4 is 5.32 Å². The number of hydrogen-bond donors (Lipinski definition) is 1. The van der Waals surface area contributed by atoms with E-state index in [9.17, 15) is 4.79 Å². The number of carbonyl (C=O) groups excluding carboxylic acids is 1. The molecule has 0 saturated carbocycles. The maximum atomic E-state index is 12.3. The Morgan fingerprint density at radius 1 is 1.12 bits per heavy atom. The van der Waals surface area contributed by atoms with Crippen LogP contribution in [0.1, 0.15) is 45.4 Å². The fourth-order valence-electron chi connectivity index (χ4n) is 2.77. The third-order valence-electron chi connectivity index (χ3n) is 3.94. The van der Waals surface area contributed by atoms with Gasteiger partial charge in [0, 0.05) is 13.1 Å².